The highest BCUT2D eigenvalue weighted by Gasteiger charge is 2.26. The number of amides is 2. The highest BCUT2D eigenvalue weighted by Crippen LogP contribution is 2.19. The number of nitrogens with one attached hydrogen (secondary N) is 2. The van der Waals surface area contributed by atoms with Crippen LogP contribution < -0.4 is 16.4 Å². The molecule has 0 radical (unpaired) electrons. The van der Waals surface area contributed by atoms with Crippen molar-refractivity contribution >= 4 is 11.8 Å². The van der Waals surface area contributed by atoms with Crippen molar-refractivity contribution in [3.05, 3.63) is 35.9 Å². The molecule has 0 aliphatic carbocycles. The standard InChI is InChI=1S/C17H26N4O2/c1-13-9-15(20-17(23)11-19-16(22)10-18)7-8-21(13)12-14-5-3-2-4-6-14/h2-6,13,15H,7-12,18H2,1H3,(H,19,22)(H,20,23). The van der Waals surface area contributed by atoms with Crippen molar-refractivity contribution < 1.29 is 9.59 Å². The Bertz CT molecular complexity index is 521. The highest BCUT2D eigenvalue weighted by molar-refractivity contribution is 5.85. The summed E-state index contributed by atoms with van der Waals surface area (Å²) < 4.78 is 0. The number of benzene rings is 1. The molecular formula is C17H26N4O2. The van der Waals surface area contributed by atoms with Crippen LogP contribution in [0.2, 0.25) is 0 Å². The fraction of sp³-hybridized carbons (Fsp3) is 0.529. The van der Waals surface area contributed by atoms with Gasteiger partial charge in [0.05, 0.1) is 13.1 Å². The zero-order valence-corrected chi connectivity index (χ0v) is 13.6. The number of carbonyl (C=O) groups excluding carboxylic acids is 2. The van der Waals surface area contributed by atoms with Gasteiger partial charge in [0.25, 0.3) is 0 Å². The Balaban J connectivity index is 1.75. The van der Waals surface area contributed by atoms with Gasteiger partial charge < -0.3 is 16.4 Å². The first kappa shape index (κ1) is 17.4. The van der Waals surface area contributed by atoms with E-state index in [1.54, 1.807) is 0 Å². The Morgan fingerprint density at radius 2 is 2.00 bits per heavy atom. The molecule has 2 rings (SSSR count). The first-order chi connectivity index (χ1) is 11.1. The third-order valence-electron chi connectivity index (χ3n) is 4.24. The Morgan fingerprint density at radius 1 is 1.26 bits per heavy atom. The monoisotopic (exact) mass is 318 g/mol. The maximum atomic E-state index is 11.8. The van der Waals surface area contributed by atoms with Crippen molar-refractivity contribution in [1.82, 2.24) is 15.5 Å². The third-order valence-corrected chi connectivity index (χ3v) is 4.24. The molecule has 6 heteroatoms. The van der Waals surface area contributed by atoms with Gasteiger partial charge in [-0.1, -0.05) is 30.3 Å². The van der Waals surface area contributed by atoms with E-state index < -0.39 is 0 Å². The van der Waals surface area contributed by atoms with Gasteiger partial charge in [0.15, 0.2) is 0 Å². The summed E-state index contributed by atoms with van der Waals surface area (Å²) in [7, 11) is 0. The summed E-state index contributed by atoms with van der Waals surface area (Å²) in [5.41, 5.74) is 6.50. The molecule has 1 heterocycles. The first-order valence-electron chi connectivity index (χ1n) is 8.12. The second-order valence-corrected chi connectivity index (χ2v) is 6.07. The van der Waals surface area contributed by atoms with Gasteiger partial charge in [0, 0.05) is 25.2 Å². The average molecular weight is 318 g/mol. The molecule has 0 aromatic heterocycles. The second kappa shape index (κ2) is 8.64. The molecule has 1 aromatic rings. The molecule has 0 spiro atoms. The zero-order valence-electron chi connectivity index (χ0n) is 13.6. The first-order valence-corrected chi connectivity index (χ1v) is 8.12. The van der Waals surface area contributed by atoms with Crippen LogP contribution in [0.5, 0.6) is 0 Å². The number of nitrogens with two attached hydrogens (primary N) is 1. The maximum absolute atomic E-state index is 11.8. The normalized spacial score (nSPS) is 21.7. The lowest BCUT2D eigenvalue weighted by atomic mass is 9.97. The molecule has 0 bridgehead atoms. The number of nitrogens with zero attached hydrogens (tertiary/aromatic N) is 1. The van der Waals surface area contributed by atoms with Crippen LogP contribution in [0.1, 0.15) is 25.3 Å². The lowest BCUT2D eigenvalue weighted by Gasteiger charge is -2.38. The van der Waals surface area contributed by atoms with E-state index in [-0.39, 0.29) is 30.9 Å². The van der Waals surface area contributed by atoms with Gasteiger partial charge >= 0.3 is 0 Å². The topological polar surface area (TPSA) is 87.5 Å². The molecular weight excluding hydrogens is 292 g/mol. The quantitative estimate of drug-likeness (QED) is 0.701. The van der Waals surface area contributed by atoms with Crippen molar-refractivity contribution in [3.8, 4) is 0 Å². The summed E-state index contributed by atoms with van der Waals surface area (Å²) in [6.45, 7) is 3.99. The van der Waals surface area contributed by atoms with Crippen LogP contribution in [0.4, 0.5) is 0 Å². The Morgan fingerprint density at radius 3 is 2.65 bits per heavy atom. The average Bonchev–Trinajstić information content (AvgIpc) is 2.56. The van der Waals surface area contributed by atoms with Crippen LogP contribution in [-0.2, 0) is 16.1 Å². The predicted molar refractivity (Wildman–Crippen MR) is 89.5 cm³/mol. The molecule has 1 fully saturated rings. The number of carbonyl (C=O) groups is 2. The maximum Gasteiger partial charge on any atom is 0.239 e. The zero-order chi connectivity index (χ0) is 16.7. The molecule has 23 heavy (non-hydrogen) atoms. The van der Waals surface area contributed by atoms with Crippen molar-refractivity contribution in [3.63, 3.8) is 0 Å². The molecule has 6 nitrogen and oxygen atoms in total. The van der Waals surface area contributed by atoms with E-state index in [0.29, 0.717) is 6.04 Å². The molecule has 1 saturated heterocycles. The summed E-state index contributed by atoms with van der Waals surface area (Å²) in [5, 5.41) is 5.48. The molecule has 2 atom stereocenters. The number of hydrogen-bond donors (Lipinski definition) is 3. The molecule has 1 aromatic carbocycles. The van der Waals surface area contributed by atoms with E-state index in [1.165, 1.54) is 5.56 Å². The summed E-state index contributed by atoms with van der Waals surface area (Å²) >= 11 is 0. The van der Waals surface area contributed by atoms with Crippen molar-refractivity contribution in [2.75, 3.05) is 19.6 Å². The Hall–Kier alpha value is -1.92. The molecule has 4 N–H and O–H groups in total. The van der Waals surface area contributed by atoms with Gasteiger partial charge in [-0.25, -0.2) is 0 Å². The van der Waals surface area contributed by atoms with Crippen molar-refractivity contribution in [2.24, 2.45) is 5.73 Å². The van der Waals surface area contributed by atoms with Gasteiger partial charge in [-0.05, 0) is 25.3 Å². The SMILES string of the molecule is CC1CC(NC(=O)CNC(=O)CN)CCN1Cc1ccccc1. The molecule has 1 aliphatic rings. The highest BCUT2D eigenvalue weighted by atomic mass is 16.2. The van der Waals surface area contributed by atoms with E-state index in [4.69, 9.17) is 5.73 Å². The van der Waals surface area contributed by atoms with Crippen LogP contribution in [0.3, 0.4) is 0 Å². The Kier molecular flexibility index (Phi) is 6.55. The van der Waals surface area contributed by atoms with E-state index in [0.717, 1.165) is 25.9 Å². The molecule has 1 aliphatic heterocycles. The van der Waals surface area contributed by atoms with Crippen LogP contribution >= 0.6 is 0 Å². The van der Waals surface area contributed by atoms with E-state index in [9.17, 15) is 9.59 Å². The van der Waals surface area contributed by atoms with Crippen LogP contribution in [0.25, 0.3) is 0 Å². The lowest BCUT2D eigenvalue weighted by Crippen LogP contribution is -2.50. The van der Waals surface area contributed by atoms with Crippen molar-refractivity contribution in [1.29, 1.82) is 0 Å². The van der Waals surface area contributed by atoms with Crippen LogP contribution in [0, 0.1) is 0 Å². The van der Waals surface area contributed by atoms with Gasteiger partial charge in [-0.2, -0.15) is 0 Å². The van der Waals surface area contributed by atoms with Gasteiger partial charge in [-0.3, -0.25) is 14.5 Å². The number of likely N-dealkylation sites (tertiary alicyclic amines) is 1. The molecule has 2 amide bonds. The number of piperidine rings is 1. The summed E-state index contributed by atoms with van der Waals surface area (Å²) in [5.74, 6) is -0.466. The minimum atomic E-state index is -0.314. The summed E-state index contributed by atoms with van der Waals surface area (Å²) in [6, 6.07) is 11.0. The van der Waals surface area contributed by atoms with Gasteiger partial charge in [0.2, 0.25) is 11.8 Å². The Labute approximate surface area is 137 Å². The molecule has 0 saturated carbocycles. The fourth-order valence-electron chi connectivity index (χ4n) is 2.93. The van der Waals surface area contributed by atoms with Crippen molar-refractivity contribution in [2.45, 2.75) is 38.4 Å². The molecule has 126 valence electrons. The van der Waals surface area contributed by atoms with Gasteiger partial charge in [-0.15, -0.1) is 0 Å². The van der Waals surface area contributed by atoms with E-state index in [2.05, 4.69) is 46.7 Å². The predicted octanol–water partition coefficient (Wildman–Crippen LogP) is 0.231. The van der Waals surface area contributed by atoms with Crippen LogP contribution in [-0.4, -0.2) is 48.4 Å². The fourth-order valence-corrected chi connectivity index (χ4v) is 2.93. The van der Waals surface area contributed by atoms with E-state index >= 15 is 0 Å². The minimum Gasteiger partial charge on any atom is -0.352 e. The molecule has 2 unspecified atom stereocenters. The second-order valence-electron chi connectivity index (χ2n) is 6.07. The lowest BCUT2D eigenvalue weighted by molar-refractivity contribution is -0.126. The van der Waals surface area contributed by atoms with E-state index in [1.807, 2.05) is 6.07 Å². The largest absolute Gasteiger partial charge is 0.352 e. The summed E-state index contributed by atoms with van der Waals surface area (Å²) in [4.78, 5) is 25.3. The summed E-state index contributed by atoms with van der Waals surface area (Å²) in [6.07, 6.45) is 1.84. The number of rotatable bonds is 6. The minimum absolute atomic E-state index is 0.00531. The van der Waals surface area contributed by atoms with Gasteiger partial charge in [0.1, 0.15) is 0 Å². The third kappa shape index (κ3) is 5.65. The number of hydrogen-bond acceptors (Lipinski definition) is 4. The smallest absolute Gasteiger partial charge is 0.239 e. The van der Waals surface area contributed by atoms with Crippen LogP contribution in [0.15, 0.2) is 30.3 Å².